The number of halogens is 1. The monoisotopic (exact) mass is 1040 g/mol. The van der Waals surface area contributed by atoms with Gasteiger partial charge >= 0.3 is 0 Å². The molecular weight excluding hydrogens is 984 g/mol. The number of allylic oxidation sites excluding steroid dienone is 4. The number of para-hydroxylation sites is 2. The van der Waals surface area contributed by atoms with Gasteiger partial charge in [-0.2, -0.15) is 0 Å². The van der Waals surface area contributed by atoms with E-state index in [1.54, 1.807) is 6.07 Å². The zero-order valence-electron chi connectivity index (χ0n) is 44.9. The number of hydrogen-bond donors (Lipinski definition) is 0. The fourth-order valence-corrected chi connectivity index (χ4v) is 13.5. The van der Waals surface area contributed by atoms with Gasteiger partial charge in [0.1, 0.15) is 5.82 Å². The molecule has 0 fully saturated rings. The van der Waals surface area contributed by atoms with Crippen molar-refractivity contribution in [2.45, 2.75) is 23.7 Å². The fourth-order valence-electron chi connectivity index (χ4n) is 13.5. The molecule has 3 aliphatic carbocycles. The fraction of sp³-hybridized carbons (Fsp3) is 0.0513. The van der Waals surface area contributed by atoms with Gasteiger partial charge in [-0.1, -0.05) is 232 Å². The Labute approximate surface area is 474 Å². The summed E-state index contributed by atoms with van der Waals surface area (Å²) in [5.41, 5.74) is 22.8. The molecule has 0 aliphatic heterocycles. The van der Waals surface area contributed by atoms with Crippen molar-refractivity contribution in [2.75, 3.05) is 9.80 Å². The second kappa shape index (κ2) is 20.3. The Balaban J connectivity index is 0.856. The summed E-state index contributed by atoms with van der Waals surface area (Å²) in [6.07, 6.45) is 10.4. The number of anilines is 6. The summed E-state index contributed by atoms with van der Waals surface area (Å²) in [6, 6.07) is 97.0. The quantitative estimate of drug-likeness (QED) is 0.114. The second-order valence-electron chi connectivity index (χ2n) is 21.3. The molecule has 81 heavy (non-hydrogen) atoms. The first-order valence-electron chi connectivity index (χ1n) is 28.0. The Morgan fingerprint density at radius 1 is 0.358 bits per heavy atom. The van der Waals surface area contributed by atoms with Crippen LogP contribution in [0.2, 0.25) is 0 Å². The van der Waals surface area contributed by atoms with E-state index in [4.69, 9.17) is 0 Å². The minimum atomic E-state index is -0.622. The lowest BCUT2D eigenvalue weighted by atomic mass is 9.65. The maximum atomic E-state index is 17.3. The molecule has 0 saturated heterocycles. The van der Waals surface area contributed by atoms with Gasteiger partial charge in [0.05, 0.1) is 10.8 Å². The molecule has 11 aromatic carbocycles. The molecule has 0 amide bonds. The highest BCUT2D eigenvalue weighted by Crippen LogP contribution is 2.60. The smallest absolute Gasteiger partial charge is 0.133 e. The highest BCUT2D eigenvalue weighted by molar-refractivity contribution is 5.94. The number of rotatable bonds is 13. The lowest BCUT2D eigenvalue weighted by Gasteiger charge is -2.37. The van der Waals surface area contributed by atoms with Crippen molar-refractivity contribution in [2.24, 2.45) is 0 Å². The summed E-state index contributed by atoms with van der Waals surface area (Å²) in [4.78, 5) is 4.50. The molecule has 14 rings (SSSR count). The van der Waals surface area contributed by atoms with E-state index in [1.165, 1.54) is 66.8 Å². The van der Waals surface area contributed by atoms with Crippen molar-refractivity contribution >= 4 is 51.8 Å². The summed E-state index contributed by atoms with van der Waals surface area (Å²) in [6.45, 7) is 8.13. The molecular formula is C78H57FN2. The maximum absolute atomic E-state index is 17.3. The van der Waals surface area contributed by atoms with E-state index in [0.29, 0.717) is 5.56 Å². The van der Waals surface area contributed by atoms with E-state index in [0.717, 1.165) is 63.7 Å². The van der Waals surface area contributed by atoms with E-state index in [-0.39, 0.29) is 5.82 Å². The summed E-state index contributed by atoms with van der Waals surface area (Å²) in [7, 11) is 0. The van der Waals surface area contributed by atoms with Crippen LogP contribution in [0.5, 0.6) is 0 Å². The van der Waals surface area contributed by atoms with Gasteiger partial charge in [-0.05, 0) is 175 Å². The van der Waals surface area contributed by atoms with Crippen LogP contribution in [0.15, 0.2) is 304 Å². The summed E-state index contributed by atoms with van der Waals surface area (Å²) in [5, 5.41) is 0. The molecule has 0 bridgehead atoms. The van der Waals surface area contributed by atoms with Gasteiger partial charge in [-0.25, -0.2) is 4.39 Å². The zero-order chi connectivity index (χ0) is 54.5. The maximum Gasteiger partial charge on any atom is 0.133 e. The third kappa shape index (κ3) is 7.99. The lowest BCUT2D eigenvalue weighted by molar-refractivity contribution is 0.631. The SMILES string of the molecule is C=Cc1ccc(C2(c3ccccc3)C3=C(C=CCC3)c3ccc(N(c4ccccc4)c4ccc(-c5ccc(N(c6ccccc6)c6ccc7c(c6)C(c6ccccc6)(c6ccc(C=C)cc6)c6ccccc6-7)cc5F)cc4)cc32)cc1. The highest BCUT2D eigenvalue weighted by atomic mass is 19.1. The summed E-state index contributed by atoms with van der Waals surface area (Å²) < 4.78 is 17.3. The van der Waals surface area contributed by atoms with Crippen molar-refractivity contribution < 1.29 is 4.39 Å². The molecule has 0 saturated carbocycles. The Morgan fingerprint density at radius 2 is 0.778 bits per heavy atom. The molecule has 386 valence electrons. The van der Waals surface area contributed by atoms with E-state index >= 15 is 4.39 Å². The van der Waals surface area contributed by atoms with Gasteiger partial charge in [-0.3, -0.25) is 0 Å². The molecule has 2 unspecified atom stereocenters. The molecule has 3 heteroatoms. The molecule has 2 atom stereocenters. The Hall–Kier alpha value is -10.1. The zero-order valence-corrected chi connectivity index (χ0v) is 44.9. The van der Waals surface area contributed by atoms with Crippen LogP contribution in [-0.4, -0.2) is 0 Å². The topological polar surface area (TPSA) is 6.48 Å². The number of benzene rings is 11. The molecule has 0 aromatic heterocycles. The molecule has 0 radical (unpaired) electrons. The summed E-state index contributed by atoms with van der Waals surface area (Å²) in [5.74, 6) is -0.307. The Morgan fingerprint density at radius 3 is 1.35 bits per heavy atom. The van der Waals surface area contributed by atoms with Gasteiger partial charge < -0.3 is 9.80 Å². The lowest BCUT2D eigenvalue weighted by Crippen LogP contribution is -2.30. The van der Waals surface area contributed by atoms with Crippen LogP contribution in [-0.2, 0) is 10.8 Å². The Bertz CT molecular complexity index is 4240. The van der Waals surface area contributed by atoms with Crippen LogP contribution >= 0.6 is 0 Å². The first kappa shape index (κ1) is 49.2. The normalized spacial score (nSPS) is 16.5. The van der Waals surface area contributed by atoms with Gasteiger partial charge in [0, 0.05) is 39.7 Å². The number of hydrogen-bond acceptors (Lipinski definition) is 2. The van der Waals surface area contributed by atoms with Crippen LogP contribution in [0.1, 0.15) is 68.5 Å². The van der Waals surface area contributed by atoms with Crippen molar-refractivity contribution in [3.05, 3.63) is 365 Å². The van der Waals surface area contributed by atoms with Crippen LogP contribution in [0, 0.1) is 5.82 Å². The average Bonchev–Trinajstić information content (AvgIpc) is 2.28. The predicted molar refractivity (Wildman–Crippen MR) is 337 cm³/mol. The molecule has 3 aliphatic rings. The van der Waals surface area contributed by atoms with Crippen LogP contribution in [0.3, 0.4) is 0 Å². The molecule has 0 heterocycles. The minimum Gasteiger partial charge on any atom is -0.310 e. The van der Waals surface area contributed by atoms with Crippen molar-refractivity contribution in [3.8, 4) is 22.3 Å². The Kier molecular flexibility index (Phi) is 12.3. The van der Waals surface area contributed by atoms with E-state index in [1.807, 2.05) is 42.5 Å². The van der Waals surface area contributed by atoms with Crippen LogP contribution < -0.4 is 9.80 Å². The number of fused-ring (bicyclic) bond motifs is 5. The average molecular weight is 1040 g/mol. The molecule has 11 aromatic rings. The summed E-state index contributed by atoms with van der Waals surface area (Å²) >= 11 is 0. The van der Waals surface area contributed by atoms with Gasteiger partial charge in [0.2, 0.25) is 0 Å². The van der Waals surface area contributed by atoms with Crippen LogP contribution in [0.4, 0.5) is 38.5 Å². The largest absolute Gasteiger partial charge is 0.310 e. The molecule has 2 nitrogen and oxygen atoms in total. The van der Waals surface area contributed by atoms with Crippen molar-refractivity contribution in [1.29, 1.82) is 0 Å². The van der Waals surface area contributed by atoms with Crippen molar-refractivity contribution in [1.82, 2.24) is 0 Å². The standard InChI is InChI=1S/C78H57FN2/c1-3-54-33-39-59(40-34-54)77(57-21-9-5-10-22-57)72-31-19-17-29-68(72)70-49-46-64(51-74(70)77)80(61-25-13-7-14-26-61)63-43-37-56(38-44-63)67-48-45-66(53-76(67)79)81(62-27-15-8-16-28-62)65-47-50-71-69-30-18-20-32-73(69)78(75(71)52-65,58-23-11-6-12-24-58)60-41-35-55(4-2)36-42-60/h3-18,20-30,32-53H,1-2,19,31H2. The highest BCUT2D eigenvalue weighted by Gasteiger charge is 2.49. The molecule has 0 spiro atoms. The van der Waals surface area contributed by atoms with E-state index in [2.05, 4.69) is 272 Å². The number of nitrogens with zero attached hydrogens (tertiary/aromatic N) is 2. The van der Waals surface area contributed by atoms with Gasteiger partial charge in [-0.15, -0.1) is 0 Å². The third-order valence-corrected chi connectivity index (χ3v) is 17.1. The second-order valence-corrected chi connectivity index (χ2v) is 21.3. The first-order valence-corrected chi connectivity index (χ1v) is 28.0. The van der Waals surface area contributed by atoms with Gasteiger partial charge in [0.25, 0.3) is 0 Å². The van der Waals surface area contributed by atoms with Gasteiger partial charge in [0.15, 0.2) is 0 Å². The first-order chi connectivity index (χ1) is 40.0. The third-order valence-electron chi connectivity index (χ3n) is 17.1. The predicted octanol–water partition coefficient (Wildman–Crippen LogP) is 20.5. The molecule has 0 N–H and O–H groups in total. The van der Waals surface area contributed by atoms with E-state index in [9.17, 15) is 0 Å². The van der Waals surface area contributed by atoms with Crippen molar-refractivity contribution in [3.63, 3.8) is 0 Å². The van der Waals surface area contributed by atoms with E-state index < -0.39 is 10.8 Å². The minimum absolute atomic E-state index is 0.307. The van der Waals surface area contributed by atoms with Crippen LogP contribution in [0.25, 0.3) is 40.0 Å².